The Hall–Kier alpha value is -0.980. The van der Waals surface area contributed by atoms with Gasteiger partial charge in [0, 0.05) is 18.8 Å². The van der Waals surface area contributed by atoms with Crippen LogP contribution < -0.4 is 4.90 Å². The molecule has 0 saturated carbocycles. The first-order valence-electron chi connectivity index (χ1n) is 3.99. The number of hydrogen-bond acceptors (Lipinski definition) is 1. The van der Waals surface area contributed by atoms with Gasteiger partial charge in [-0.2, -0.15) is 0 Å². The SMILES string of the molecule is CC(C)N(C)c1ccccc1. The predicted octanol–water partition coefficient (Wildman–Crippen LogP) is 2.53. The van der Waals surface area contributed by atoms with Crippen molar-refractivity contribution in [2.24, 2.45) is 0 Å². The highest BCUT2D eigenvalue weighted by molar-refractivity contribution is 5.45. The van der Waals surface area contributed by atoms with Crippen LogP contribution in [0.25, 0.3) is 0 Å². The second-order valence-electron chi connectivity index (χ2n) is 3.04. The summed E-state index contributed by atoms with van der Waals surface area (Å²) < 4.78 is 0. The lowest BCUT2D eigenvalue weighted by atomic mass is 10.2. The molecule has 1 nitrogen and oxygen atoms in total. The molecule has 0 amide bonds. The lowest BCUT2D eigenvalue weighted by Gasteiger charge is -2.23. The van der Waals surface area contributed by atoms with Gasteiger partial charge in [0.1, 0.15) is 0 Å². The van der Waals surface area contributed by atoms with E-state index in [1.165, 1.54) is 5.69 Å². The molecular weight excluding hydrogens is 134 g/mol. The average Bonchev–Trinajstić information content (AvgIpc) is 2.05. The first kappa shape index (κ1) is 8.12. The van der Waals surface area contributed by atoms with Crippen LogP contribution in [0, 0.1) is 0 Å². The number of benzene rings is 1. The Balaban J connectivity index is 2.77. The smallest absolute Gasteiger partial charge is 0.0365 e. The maximum atomic E-state index is 2.25. The summed E-state index contributed by atoms with van der Waals surface area (Å²) in [7, 11) is 2.11. The zero-order chi connectivity index (χ0) is 8.27. The van der Waals surface area contributed by atoms with Crippen LogP contribution in [-0.4, -0.2) is 13.1 Å². The van der Waals surface area contributed by atoms with Crippen LogP contribution >= 0.6 is 0 Å². The van der Waals surface area contributed by atoms with Gasteiger partial charge in [-0.05, 0) is 26.0 Å². The van der Waals surface area contributed by atoms with Gasteiger partial charge in [-0.15, -0.1) is 0 Å². The Bertz CT molecular complexity index is 203. The molecule has 0 bridgehead atoms. The Morgan fingerprint density at radius 3 is 2.09 bits per heavy atom. The molecule has 0 atom stereocenters. The standard InChI is InChI=1S/C10H15N/c1-9(2)11(3)10-7-5-4-6-8-10/h4-9H,1-3H3. The van der Waals surface area contributed by atoms with Crippen LogP contribution in [0.15, 0.2) is 30.3 Å². The molecule has 0 radical (unpaired) electrons. The Labute approximate surface area is 68.7 Å². The van der Waals surface area contributed by atoms with Crippen molar-refractivity contribution in [2.75, 3.05) is 11.9 Å². The molecule has 0 aliphatic rings. The van der Waals surface area contributed by atoms with E-state index in [4.69, 9.17) is 0 Å². The molecule has 0 aliphatic carbocycles. The second-order valence-corrected chi connectivity index (χ2v) is 3.04. The van der Waals surface area contributed by atoms with Gasteiger partial charge in [0.15, 0.2) is 0 Å². The zero-order valence-electron chi connectivity index (χ0n) is 7.41. The van der Waals surface area contributed by atoms with Crippen molar-refractivity contribution < 1.29 is 0 Å². The predicted molar refractivity (Wildman–Crippen MR) is 50.0 cm³/mol. The van der Waals surface area contributed by atoms with Crippen LogP contribution in [0.4, 0.5) is 5.69 Å². The largest absolute Gasteiger partial charge is 0.372 e. The van der Waals surface area contributed by atoms with Gasteiger partial charge in [-0.25, -0.2) is 0 Å². The molecule has 1 aromatic rings. The highest BCUT2D eigenvalue weighted by Crippen LogP contribution is 2.12. The fourth-order valence-corrected chi connectivity index (χ4v) is 0.961. The van der Waals surface area contributed by atoms with Crippen LogP contribution in [0.2, 0.25) is 0 Å². The molecule has 1 rings (SSSR count). The molecule has 60 valence electrons. The third kappa shape index (κ3) is 1.97. The van der Waals surface area contributed by atoms with Crippen molar-refractivity contribution in [1.82, 2.24) is 0 Å². The molecule has 0 spiro atoms. The fourth-order valence-electron chi connectivity index (χ4n) is 0.961. The van der Waals surface area contributed by atoms with E-state index in [0.717, 1.165) is 0 Å². The molecule has 0 aliphatic heterocycles. The van der Waals surface area contributed by atoms with Crippen LogP contribution in [0.1, 0.15) is 13.8 Å². The summed E-state index contributed by atoms with van der Waals surface area (Å²) in [5, 5.41) is 0. The Morgan fingerprint density at radius 2 is 1.64 bits per heavy atom. The first-order valence-corrected chi connectivity index (χ1v) is 3.99. The maximum absolute atomic E-state index is 2.25. The Kier molecular flexibility index (Phi) is 2.53. The number of rotatable bonds is 2. The van der Waals surface area contributed by atoms with Gasteiger partial charge in [-0.1, -0.05) is 18.2 Å². The highest BCUT2D eigenvalue weighted by atomic mass is 15.1. The quantitative estimate of drug-likeness (QED) is 0.624. The molecule has 11 heavy (non-hydrogen) atoms. The van der Waals surface area contributed by atoms with E-state index in [1.54, 1.807) is 0 Å². The van der Waals surface area contributed by atoms with Gasteiger partial charge >= 0.3 is 0 Å². The molecule has 0 N–H and O–H groups in total. The normalized spacial score (nSPS) is 10.2. The summed E-state index contributed by atoms with van der Waals surface area (Å²) in [6.45, 7) is 4.38. The van der Waals surface area contributed by atoms with E-state index in [1.807, 2.05) is 6.07 Å². The van der Waals surface area contributed by atoms with E-state index >= 15 is 0 Å². The topological polar surface area (TPSA) is 3.24 Å². The summed E-state index contributed by atoms with van der Waals surface area (Å²) >= 11 is 0. The highest BCUT2D eigenvalue weighted by Gasteiger charge is 2.01. The lowest BCUT2D eigenvalue weighted by molar-refractivity contribution is 0.755. The minimum atomic E-state index is 0.567. The molecule has 0 unspecified atom stereocenters. The number of nitrogens with zero attached hydrogens (tertiary/aromatic N) is 1. The molecule has 1 aromatic carbocycles. The first-order chi connectivity index (χ1) is 5.22. The van der Waals surface area contributed by atoms with Gasteiger partial charge in [0.2, 0.25) is 0 Å². The molecule has 0 saturated heterocycles. The van der Waals surface area contributed by atoms with E-state index < -0.39 is 0 Å². The number of anilines is 1. The lowest BCUT2D eigenvalue weighted by Crippen LogP contribution is -2.25. The van der Waals surface area contributed by atoms with Crippen LogP contribution in [0.3, 0.4) is 0 Å². The third-order valence-electron chi connectivity index (χ3n) is 1.94. The summed E-state index contributed by atoms with van der Waals surface area (Å²) in [5.74, 6) is 0. The molecule has 0 fully saturated rings. The van der Waals surface area contributed by atoms with E-state index in [-0.39, 0.29) is 0 Å². The van der Waals surface area contributed by atoms with E-state index in [2.05, 4.69) is 50.1 Å². The molecule has 1 heteroatoms. The van der Waals surface area contributed by atoms with Crippen molar-refractivity contribution in [3.63, 3.8) is 0 Å². The van der Waals surface area contributed by atoms with Gasteiger partial charge < -0.3 is 4.90 Å². The van der Waals surface area contributed by atoms with Gasteiger partial charge in [0.25, 0.3) is 0 Å². The van der Waals surface area contributed by atoms with E-state index in [9.17, 15) is 0 Å². The minimum Gasteiger partial charge on any atom is -0.372 e. The van der Waals surface area contributed by atoms with Crippen LogP contribution in [0.5, 0.6) is 0 Å². The molecule has 0 heterocycles. The number of hydrogen-bond donors (Lipinski definition) is 0. The summed E-state index contributed by atoms with van der Waals surface area (Å²) in [6, 6.07) is 11.0. The van der Waals surface area contributed by atoms with Crippen molar-refractivity contribution >= 4 is 5.69 Å². The average molecular weight is 149 g/mol. The Morgan fingerprint density at radius 1 is 1.09 bits per heavy atom. The summed E-state index contributed by atoms with van der Waals surface area (Å²) in [6.07, 6.45) is 0. The maximum Gasteiger partial charge on any atom is 0.0365 e. The van der Waals surface area contributed by atoms with Crippen molar-refractivity contribution in [3.05, 3.63) is 30.3 Å². The fraction of sp³-hybridized carbons (Fsp3) is 0.400. The van der Waals surface area contributed by atoms with E-state index in [0.29, 0.717) is 6.04 Å². The van der Waals surface area contributed by atoms with Gasteiger partial charge in [0.05, 0.1) is 0 Å². The molecular formula is C10H15N. The molecule has 0 aromatic heterocycles. The summed E-state index contributed by atoms with van der Waals surface area (Å²) in [5.41, 5.74) is 1.28. The van der Waals surface area contributed by atoms with Gasteiger partial charge in [-0.3, -0.25) is 0 Å². The zero-order valence-corrected chi connectivity index (χ0v) is 7.41. The van der Waals surface area contributed by atoms with Crippen molar-refractivity contribution in [1.29, 1.82) is 0 Å². The van der Waals surface area contributed by atoms with Crippen molar-refractivity contribution in [2.45, 2.75) is 19.9 Å². The number of para-hydroxylation sites is 1. The second kappa shape index (κ2) is 3.42. The summed E-state index contributed by atoms with van der Waals surface area (Å²) in [4.78, 5) is 2.25. The van der Waals surface area contributed by atoms with Crippen molar-refractivity contribution in [3.8, 4) is 0 Å². The van der Waals surface area contributed by atoms with Crippen LogP contribution in [-0.2, 0) is 0 Å². The minimum absolute atomic E-state index is 0.567. The third-order valence-corrected chi connectivity index (χ3v) is 1.94. The monoisotopic (exact) mass is 149 g/mol.